The average Bonchev–Trinajstić information content (AvgIpc) is 2.15. The fraction of sp³-hybridized carbons (Fsp3) is 0.462. The van der Waals surface area contributed by atoms with Crippen LogP contribution in [0.5, 0.6) is 0 Å². The van der Waals surface area contributed by atoms with Gasteiger partial charge in [-0.25, -0.2) is 4.79 Å². The largest absolute Gasteiger partial charge is 0.479 e. The molecule has 0 saturated carbocycles. The molecular formula is C13H18O3. The predicted octanol–water partition coefficient (Wildman–Crippen LogP) is 1.99. The van der Waals surface area contributed by atoms with Crippen LogP contribution in [-0.4, -0.2) is 22.3 Å². The van der Waals surface area contributed by atoms with Crippen LogP contribution in [0.25, 0.3) is 0 Å². The maximum Gasteiger partial charge on any atom is 0.332 e. The molecule has 3 nitrogen and oxygen atoms in total. The molecule has 0 aliphatic carbocycles. The van der Waals surface area contributed by atoms with Gasteiger partial charge in [0.15, 0.2) is 6.10 Å². The zero-order valence-electron chi connectivity index (χ0n) is 9.95. The Kier molecular flexibility index (Phi) is 4.07. The van der Waals surface area contributed by atoms with E-state index in [-0.39, 0.29) is 6.42 Å². The van der Waals surface area contributed by atoms with E-state index < -0.39 is 12.1 Å². The van der Waals surface area contributed by atoms with E-state index >= 15 is 0 Å². The maximum atomic E-state index is 10.5. The molecule has 3 heteroatoms. The number of benzene rings is 1. The van der Waals surface area contributed by atoms with Gasteiger partial charge < -0.3 is 10.2 Å². The van der Waals surface area contributed by atoms with Gasteiger partial charge in [-0.3, -0.25) is 0 Å². The Balaban J connectivity index is 2.78. The summed E-state index contributed by atoms with van der Waals surface area (Å²) in [4.78, 5) is 10.5. The molecule has 0 amide bonds. The number of carbonyl (C=O) groups is 1. The smallest absolute Gasteiger partial charge is 0.332 e. The van der Waals surface area contributed by atoms with Crippen molar-refractivity contribution in [1.82, 2.24) is 0 Å². The topological polar surface area (TPSA) is 57.5 Å². The highest BCUT2D eigenvalue weighted by molar-refractivity contribution is 5.71. The first kappa shape index (κ1) is 12.7. The Hall–Kier alpha value is -1.35. The van der Waals surface area contributed by atoms with Gasteiger partial charge in [-0.2, -0.15) is 0 Å². The van der Waals surface area contributed by atoms with Crippen molar-refractivity contribution >= 4 is 5.97 Å². The molecule has 0 spiro atoms. The van der Waals surface area contributed by atoms with Gasteiger partial charge in [0.25, 0.3) is 0 Å². The minimum absolute atomic E-state index is 0.264. The predicted molar refractivity (Wildman–Crippen MR) is 62.6 cm³/mol. The third kappa shape index (κ3) is 3.07. The molecule has 16 heavy (non-hydrogen) atoms. The number of aliphatic carboxylic acids is 1. The number of aryl methyl sites for hydroxylation is 3. The lowest BCUT2D eigenvalue weighted by Gasteiger charge is -2.12. The van der Waals surface area contributed by atoms with Crippen molar-refractivity contribution in [1.29, 1.82) is 0 Å². The second kappa shape index (κ2) is 5.12. The van der Waals surface area contributed by atoms with Crippen LogP contribution in [0, 0.1) is 20.8 Å². The van der Waals surface area contributed by atoms with Gasteiger partial charge in [-0.05, 0) is 50.3 Å². The molecule has 1 atom stereocenters. The molecule has 1 aromatic carbocycles. The second-order valence-corrected chi connectivity index (χ2v) is 4.27. The van der Waals surface area contributed by atoms with E-state index in [1.165, 1.54) is 5.56 Å². The minimum Gasteiger partial charge on any atom is -0.479 e. The third-order valence-electron chi connectivity index (χ3n) is 2.79. The van der Waals surface area contributed by atoms with Gasteiger partial charge in [0.05, 0.1) is 0 Å². The highest BCUT2D eigenvalue weighted by atomic mass is 16.4. The molecule has 1 unspecified atom stereocenters. The first-order chi connectivity index (χ1) is 7.41. The summed E-state index contributed by atoms with van der Waals surface area (Å²) in [6.45, 7) is 6.07. The monoisotopic (exact) mass is 222 g/mol. The third-order valence-corrected chi connectivity index (χ3v) is 2.79. The fourth-order valence-corrected chi connectivity index (χ4v) is 2.01. The number of hydrogen-bond acceptors (Lipinski definition) is 2. The Morgan fingerprint density at radius 1 is 1.25 bits per heavy atom. The molecule has 88 valence electrons. The van der Waals surface area contributed by atoms with Crippen LogP contribution in [0.1, 0.15) is 28.7 Å². The number of aliphatic hydroxyl groups excluding tert-OH is 1. The summed E-state index contributed by atoms with van der Waals surface area (Å²) in [5, 5.41) is 17.8. The standard InChI is InChI=1S/C13H18O3/c1-8-6-9(2)11(10(3)7-8)4-5-12(14)13(15)16/h6-7,12,14H,4-5H2,1-3H3,(H,15,16). The molecule has 0 bridgehead atoms. The minimum atomic E-state index is -1.26. The first-order valence-corrected chi connectivity index (χ1v) is 5.39. The van der Waals surface area contributed by atoms with Gasteiger partial charge >= 0.3 is 5.97 Å². The van der Waals surface area contributed by atoms with E-state index in [1.54, 1.807) is 0 Å². The van der Waals surface area contributed by atoms with Crippen molar-refractivity contribution in [2.24, 2.45) is 0 Å². The summed E-state index contributed by atoms with van der Waals surface area (Å²) >= 11 is 0. The first-order valence-electron chi connectivity index (χ1n) is 5.39. The van der Waals surface area contributed by atoms with E-state index in [4.69, 9.17) is 5.11 Å². The van der Waals surface area contributed by atoms with Crippen LogP contribution in [0.2, 0.25) is 0 Å². The second-order valence-electron chi connectivity index (χ2n) is 4.27. The van der Waals surface area contributed by atoms with Crippen molar-refractivity contribution in [3.05, 3.63) is 34.4 Å². The van der Waals surface area contributed by atoms with Gasteiger partial charge in [-0.1, -0.05) is 17.7 Å². The van der Waals surface area contributed by atoms with Crippen molar-refractivity contribution in [3.8, 4) is 0 Å². The fourth-order valence-electron chi connectivity index (χ4n) is 2.01. The maximum absolute atomic E-state index is 10.5. The lowest BCUT2D eigenvalue weighted by atomic mass is 9.95. The summed E-state index contributed by atoms with van der Waals surface area (Å²) in [5.74, 6) is -1.15. The average molecular weight is 222 g/mol. The van der Waals surface area contributed by atoms with Crippen molar-refractivity contribution < 1.29 is 15.0 Å². The lowest BCUT2D eigenvalue weighted by Crippen LogP contribution is -2.20. The Morgan fingerprint density at radius 2 is 1.75 bits per heavy atom. The van der Waals surface area contributed by atoms with Crippen LogP contribution in [0.4, 0.5) is 0 Å². The van der Waals surface area contributed by atoms with Gasteiger partial charge in [0.2, 0.25) is 0 Å². The highest BCUT2D eigenvalue weighted by Gasteiger charge is 2.14. The summed E-state index contributed by atoms with van der Waals surface area (Å²) in [5.41, 5.74) is 4.67. The number of aliphatic hydroxyl groups is 1. The molecule has 2 N–H and O–H groups in total. The van der Waals surface area contributed by atoms with E-state index in [1.807, 2.05) is 20.8 Å². The molecule has 0 aromatic heterocycles. The Morgan fingerprint density at radius 3 is 2.19 bits per heavy atom. The summed E-state index contributed by atoms with van der Waals surface area (Å²) in [7, 11) is 0. The molecule has 1 aromatic rings. The van der Waals surface area contributed by atoms with E-state index in [2.05, 4.69) is 12.1 Å². The molecule has 1 rings (SSSR count). The van der Waals surface area contributed by atoms with E-state index in [0.29, 0.717) is 6.42 Å². The summed E-state index contributed by atoms with van der Waals surface area (Å²) < 4.78 is 0. The van der Waals surface area contributed by atoms with Gasteiger partial charge in [-0.15, -0.1) is 0 Å². The van der Waals surface area contributed by atoms with E-state index in [0.717, 1.165) is 16.7 Å². The molecule has 0 aliphatic heterocycles. The van der Waals surface area contributed by atoms with Gasteiger partial charge in [0, 0.05) is 0 Å². The van der Waals surface area contributed by atoms with Crippen LogP contribution in [-0.2, 0) is 11.2 Å². The number of rotatable bonds is 4. The van der Waals surface area contributed by atoms with Crippen LogP contribution in [0.15, 0.2) is 12.1 Å². The molecule has 0 radical (unpaired) electrons. The van der Waals surface area contributed by atoms with Crippen molar-refractivity contribution in [3.63, 3.8) is 0 Å². The number of carboxylic acid groups (broad SMARTS) is 1. The zero-order valence-corrected chi connectivity index (χ0v) is 9.95. The van der Waals surface area contributed by atoms with Crippen molar-refractivity contribution in [2.45, 2.75) is 39.7 Å². The number of hydrogen-bond donors (Lipinski definition) is 2. The van der Waals surface area contributed by atoms with Crippen LogP contribution >= 0.6 is 0 Å². The SMILES string of the molecule is Cc1cc(C)c(CCC(O)C(=O)O)c(C)c1. The summed E-state index contributed by atoms with van der Waals surface area (Å²) in [6, 6.07) is 4.16. The zero-order chi connectivity index (χ0) is 12.3. The molecule has 0 heterocycles. The van der Waals surface area contributed by atoms with Crippen LogP contribution in [0.3, 0.4) is 0 Å². The lowest BCUT2D eigenvalue weighted by molar-refractivity contribution is -0.146. The Labute approximate surface area is 95.7 Å². The summed E-state index contributed by atoms with van der Waals surface area (Å²) in [6.07, 6.45) is -0.397. The molecule has 0 aliphatic rings. The number of carboxylic acids is 1. The quantitative estimate of drug-likeness (QED) is 0.819. The van der Waals surface area contributed by atoms with Crippen LogP contribution < -0.4 is 0 Å². The van der Waals surface area contributed by atoms with E-state index in [9.17, 15) is 9.90 Å². The Bertz CT molecular complexity index is 373. The van der Waals surface area contributed by atoms with Crippen molar-refractivity contribution in [2.75, 3.05) is 0 Å². The van der Waals surface area contributed by atoms with Gasteiger partial charge in [0.1, 0.15) is 0 Å². The highest BCUT2D eigenvalue weighted by Crippen LogP contribution is 2.18. The molecular weight excluding hydrogens is 204 g/mol. The normalized spacial score (nSPS) is 12.5. The molecule has 0 fully saturated rings. The molecule has 0 saturated heterocycles.